The summed E-state index contributed by atoms with van der Waals surface area (Å²) in [7, 11) is 0. The first-order valence-corrected chi connectivity index (χ1v) is 7.59. The van der Waals surface area contributed by atoms with Gasteiger partial charge in [-0.15, -0.1) is 10.2 Å². The third-order valence-corrected chi connectivity index (χ3v) is 4.35. The molecular weight excluding hydrogens is 278 g/mol. The van der Waals surface area contributed by atoms with E-state index < -0.39 is 5.97 Å². The quantitative estimate of drug-likeness (QED) is 0.873. The molecule has 3 rings (SSSR count). The smallest absolute Gasteiger partial charge is 0.339 e. The van der Waals surface area contributed by atoms with E-state index in [0.717, 1.165) is 36.8 Å². The molecule has 0 aliphatic carbocycles. The Balaban J connectivity index is 1.74. The molecule has 2 aromatic rings. The highest BCUT2D eigenvalue weighted by atomic mass is 32.2. The van der Waals surface area contributed by atoms with E-state index in [9.17, 15) is 4.79 Å². The number of hydrogen-bond donors (Lipinski definition) is 1. The van der Waals surface area contributed by atoms with Crippen molar-refractivity contribution in [1.29, 1.82) is 0 Å². The maximum atomic E-state index is 11.0. The van der Waals surface area contributed by atoms with Crippen LogP contribution in [0.15, 0.2) is 21.9 Å². The molecule has 20 heavy (non-hydrogen) atoms. The van der Waals surface area contributed by atoms with Crippen LogP contribution in [0.4, 0.5) is 0 Å². The molecule has 2 aromatic heterocycles. The van der Waals surface area contributed by atoms with Crippen LogP contribution in [0, 0.1) is 0 Å². The minimum atomic E-state index is -0.963. The van der Waals surface area contributed by atoms with E-state index in [1.54, 1.807) is 0 Å². The standard InChI is InChI=1S/C13H15N3O3S/c17-12(18)9-5-7-19-10(9)8-20-13-15-14-11-4-2-1-3-6-16(11)13/h5,7H,1-4,6,8H2,(H,17,18). The second-order valence-electron chi connectivity index (χ2n) is 4.71. The lowest BCUT2D eigenvalue weighted by molar-refractivity contribution is 0.0695. The highest BCUT2D eigenvalue weighted by molar-refractivity contribution is 7.98. The number of aromatic nitrogens is 3. The zero-order valence-electron chi connectivity index (χ0n) is 10.9. The first-order chi connectivity index (χ1) is 9.75. The van der Waals surface area contributed by atoms with E-state index in [-0.39, 0.29) is 5.56 Å². The Morgan fingerprint density at radius 1 is 1.40 bits per heavy atom. The fraction of sp³-hybridized carbons (Fsp3) is 0.462. The molecule has 3 heterocycles. The predicted octanol–water partition coefficient (Wildman–Crippen LogP) is 2.59. The number of rotatable bonds is 4. The van der Waals surface area contributed by atoms with Crippen molar-refractivity contribution in [2.75, 3.05) is 0 Å². The van der Waals surface area contributed by atoms with Crippen molar-refractivity contribution in [3.8, 4) is 0 Å². The number of aryl methyl sites for hydroxylation is 1. The molecule has 6 nitrogen and oxygen atoms in total. The third kappa shape index (κ3) is 2.58. The highest BCUT2D eigenvalue weighted by Crippen LogP contribution is 2.26. The number of aromatic carboxylic acids is 1. The van der Waals surface area contributed by atoms with Crippen LogP contribution in [-0.2, 0) is 18.7 Å². The number of carboxylic acids is 1. The summed E-state index contributed by atoms with van der Waals surface area (Å²) in [5.41, 5.74) is 0.216. The van der Waals surface area contributed by atoms with E-state index >= 15 is 0 Å². The molecule has 1 N–H and O–H groups in total. The van der Waals surface area contributed by atoms with Gasteiger partial charge in [0.2, 0.25) is 0 Å². The van der Waals surface area contributed by atoms with Crippen LogP contribution in [0.5, 0.6) is 0 Å². The van der Waals surface area contributed by atoms with Crippen LogP contribution in [0.1, 0.15) is 41.2 Å². The second kappa shape index (κ2) is 5.70. The highest BCUT2D eigenvalue weighted by Gasteiger charge is 2.18. The number of nitrogens with zero attached hydrogens (tertiary/aromatic N) is 3. The van der Waals surface area contributed by atoms with Gasteiger partial charge in [0.25, 0.3) is 0 Å². The van der Waals surface area contributed by atoms with E-state index in [4.69, 9.17) is 9.52 Å². The fourth-order valence-electron chi connectivity index (χ4n) is 2.34. The average Bonchev–Trinajstić information content (AvgIpc) is 2.98. The van der Waals surface area contributed by atoms with Crippen molar-refractivity contribution in [2.24, 2.45) is 0 Å². The van der Waals surface area contributed by atoms with Crippen molar-refractivity contribution in [1.82, 2.24) is 14.8 Å². The van der Waals surface area contributed by atoms with Crippen LogP contribution in [0.3, 0.4) is 0 Å². The molecule has 0 radical (unpaired) electrons. The van der Waals surface area contributed by atoms with Crippen LogP contribution < -0.4 is 0 Å². The summed E-state index contributed by atoms with van der Waals surface area (Å²) in [6.45, 7) is 0.939. The Morgan fingerprint density at radius 2 is 2.30 bits per heavy atom. The summed E-state index contributed by atoms with van der Waals surface area (Å²) >= 11 is 1.47. The largest absolute Gasteiger partial charge is 0.478 e. The van der Waals surface area contributed by atoms with Crippen LogP contribution >= 0.6 is 11.8 Å². The predicted molar refractivity (Wildman–Crippen MR) is 72.8 cm³/mol. The van der Waals surface area contributed by atoms with Crippen molar-refractivity contribution in [3.05, 3.63) is 29.5 Å². The van der Waals surface area contributed by atoms with Gasteiger partial charge in [0.05, 0.1) is 12.0 Å². The lowest BCUT2D eigenvalue weighted by Gasteiger charge is -2.05. The van der Waals surface area contributed by atoms with Gasteiger partial charge in [-0.25, -0.2) is 4.79 Å². The van der Waals surface area contributed by atoms with Gasteiger partial charge in [0, 0.05) is 13.0 Å². The third-order valence-electron chi connectivity index (χ3n) is 3.38. The molecule has 0 bridgehead atoms. The molecular formula is C13H15N3O3S. The van der Waals surface area contributed by atoms with E-state index in [1.165, 1.54) is 30.5 Å². The molecule has 1 aliphatic rings. The summed E-state index contributed by atoms with van der Waals surface area (Å²) in [6.07, 6.45) is 5.89. The molecule has 0 unspecified atom stereocenters. The van der Waals surface area contributed by atoms with Crippen LogP contribution in [0.25, 0.3) is 0 Å². The monoisotopic (exact) mass is 293 g/mol. The lowest BCUT2D eigenvalue weighted by Crippen LogP contribution is -2.03. The minimum Gasteiger partial charge on any atom is -0.478 e. The van der Waals surface area contributed by atoms with Crippen LogP contribution in [0.2, 0.25) is 0 Å². The maximum absolute atomic E-state index is 11.0. The van der Waals surface area contributed by atoms with Gasteiger partial charge in [-0.3, -0.25) is 0 Å². The summed E-state index contributed by atoms with van der Waals surface area (Å²) in [5.74, 6) is 0.984. The van der Waals surface area contributed by atoms with Gasteiger partial charge in [0.1, 0.15) is 17.1 Å². The van der Waals surface area contributed by atoms with Gasteiger partial charge in [0.15, 0.2) is 5.16 Å². The molecule has 106 valence electrons. The Kier molecular flexibility index (Phi) is 3.77. The maximum Gasteiger partial charge on any atom is 0.339 e. The number of carbonyl (C=O) groups is 1. The molecule has 0 atom stereocenters. The Labute approximate surface area is 120 Å². The second-order valence-corrected chi connectivity index (χ2v) is 5.65. The van der Waals surface area contributed by atoms with Gasteiger partial charge in [-0.05, 0) is 18.9 Å². The van der Waals surface area contributed by atoms with E-state index in [2.05, 4.69) is 14.8 Å². The van der Waals surface area contributed by atoms with Crippen LogP contribution in [-0.4, -0.2) is 25.8 Å². The molecule has 7 heteroatoms. The summed E-state index contributed by atoms with van der Waals surface area (Å²) in [5, 5.41) is 18.3. The Morgan fingerprint density at radius 3 is 3.15 bits per heavy atom. The van der Waals surface area contributed by atoms with Gasteiger partial charge < -0.3 is 14.1 Å². The van der Waals surface area contributed by atoms with Crippen molar-refractivity contribution >= 4 is 17.7 Å². The molecule has 0 saturated carbocycles. The summed E-state index contributed by atoms with van der Waals surface area (Å²) in [6, 6.07) is 1.47. The lowest BCUT2D eigenvalue weighted by atomic mass is 10.2. The number of carboxylic acid groups (broad SMARTS) is 1. The minimum absolute atomic E-state index is 0.216. The van der Waals surface area contributed by atoms with Gasteiger partial charge in [-0.1, -0.05) is 18.2 Å². The number of thioether (sulfide) groups is 1. The normalized spacial score (nSPS) is 14.8. The number of hydrogen-bond acceptors (Lipinski definition) is 5. The SMILES string of the molecule is O=C(O)c1ccoc1CSc1nnc2n1CCCCC2. The van der Waals surface area contributed by atoms with Crippen molar-refractivity contribution in [3.63, 3.8) is 0 Å². The first-order valence-electron chi connectivity index (χ1n) is 6.60. The fourth-order valence-corrected chi connectivity index (χ4v) is 3.27. The molecule has 0 aromatic carbocycles. The van der Waals surface area contributed by atoms with Crippen molar-refractivity contribution < 1.29 is 14.3 Å². The molecule has 0 amide bonds. The summed E-state index contributed by atoms with van der Waals surface area (Å²) in [4.78, 5) is 11.0. The Bertz CT molecular complexity index is 620. The summed E-state index contributed by atoms with van der Waals surface area (Å²) < 4.78 is 7.37. The first kappa shape index (κ1) is 13.2. The van der Waals surface area contributed by atoms with Crippen molar-refractivity contribution in [2.45, 2.75) is 43.1 Å². The van der Waals surface area contributed by atoms with Gasteiger partial charge in [-0.2, -0.15) is 0 Å². The molecule has 1 aliphatic heterocycles. The number of fused-ring (bicyclic) bond motifs is 1. The number of furan rings is 1. The average molecular weight is 293 g/mol. The van der Waals surface area contributed by atoms with Gasteiger partial charge >= 0.3 is 5.97 Å². The van der Waals surface area contributed by atoms with E-state index in [1.807, 2.05) is 0 Å². The molecule has 0 saturated heterocycles. The molecule has 0 spiro atoms. The van der Waals surface area contributed by atoms with E-state index in [0.29, 0.717) is 11.5 Å². The Hall–Kier alpha value is -1.76. The molecule has 0 fully saturated rings. The zero-order chi connectivity index (χ0) is 13.9. The topological polar surface area (TPSA) is 81.2 Å². The zero-order valence-corrected chi connectivity index (χ0v) is 11.7.